The number of anilines is 1. The normalized spacial score (nSPS) is 12.3. The van der Waals surface area contributed by atoms with Gasteiger partial charge in [0, 0.05) is 11.3 Å². The van der Waals surface area contributed by atoms with E-state index in [4.69, 9.17) is 0 Å². The Bertz CT molecular complexity index is 967. The van der Waals surface area contributed by atoms with Crippen LogP contribution >= 0.6 is 11.3 Å². The van der Waals surface area contributed by atoms with Crippen LogP contribution in [0.1, 0.15) is 28.9 Å². The number of benzene rings is 2. The molecule has 0 saturated carbocycles. The van der Waals surface area contributed by atoms with Crippen LogP contribution in [0.3, 0.4) is 0 Å². The molecule has 0 unspecified atom stereocenters. The summed E-state index contributed by atoms with van der Waals surface area (Å²) < 4.78 is 27.2. The third-order valence-electron chi connectivity index (χ3n) is 3.81. The minimum Gasteiger partial charge on any atom is -0.346 e. The van der Waals surface area contributed by atoms with Crippen LogP contribution in [0.15, 0.2) is 76.3 Å². The maximum atomic E-state index is 12.4. The molecule has 2 N–H and O–H groups in total. The van der Waals surface area contributed by atoms with E-state index in [2.05, 4.69) is 10.0 Å². The van der Waals surface area contributed by atoms with Gasteiger partial charge in [-0.1, -0.05) is 36.4 Å². The Hall–Kier alpha value is -2.64. The lowest BCUT2D eigenvalue weighted by Crippen LogP contribution is -2.26. The molecule has 0 aliphatic carbocycles. The third-order valence-corrected chi connectivity index (χ3v) is 6.59. The molecule has 134 valence electrons. The van der Waals surface area contributed by atoms with Crippen LogP contribution in [0.2, 0.25) is 0 Å². The second-order valence-corrected chi connectivity index (χ2v) is 8.58. The van der Waals surface area contributed by atoms with Gasteiger partial charge in [-0.15, -0.1) is 11.3 Å². The molecule has 5 nitrogen and oxygen atoms in total. The molecule has 3 rings (SSSR count). The van der Waals surface area contributed by atoms with Gasteiger partial charge >= 0.3 is 0 Å². The Kier molecular flexibility index (Phi) is 5.39. The number of sulfonamides is 1. The molecule has 1 amide bonds. The number of hydrogen-bond donors (Lipinski definition) is 2. The van der Waals surface area contributed by atoms with Crippen molar-refractivity contribution in [2.45, 2.75) is 17.2 Å². The summed E-state index contributed by atoms with van der Waals surface area (Å²) in [5, 5.41) is 4.63. The first-order valence-corrected chi connectivity index (χ1v) is 10.3. The quantitative estimate of drug-likeness (QED) is 0.671. The number of rotatable bonds is 6. The molecule has 0 bridgehead atoms. The Balaban J connectivity index is 1.66. The van der Waals surface area contributed by atoms with Crippen molar-refractivity contribution in [1.29, 1.82) is 0 Å². The lowest BCUT2D eigenvalue weighted by molar-refractivity contribution is 0.0940. The van der Waals surface area contributed by atoms with E-state index < -0.39 is 10.0 Å². The highest BCUT2D eigenvalue weighted by atomic mass is 32.2. The molecule has 0 aliphatic rings. The Morgan fingerprint density at radius 2 is 1.65 bits per heavy atom. The van der Waals surface area contributed by atoms with E-state index in [0.717, 1.165) is 16.9 Å². The molecule has 2 aromatic carbocycles. The molecule has 0 fully saturated rings. The van der Waals surface area contributed by atoms with E-state index in [9.17, 15) is 13.2 Å². The highest BCUT2D eigenvalue weighted by Crippen LogP contribution is 2.20. The molecule has 0 saturated heterocycles. The lowest BCUT2D eigenvalue weighted by atomic mass is 10.1. The predicted molar refractivity (Wildman–Crippen MR) is 104 cm³/mol. The number of hydrogen-bond acceptors (Lipinski definition) is 4. The second-order valence-electron chi connectivity index (χ2n) is 5.72. The van der Waals surface area contributed by atoms with Crippen LogP contribution in [0, 0.1) is 0 Å². The smallest absolute Gasteiger partial charge is 0.271 e. The van der Waals surface area contributed by atoms with Crippen molar-refractivity contribution in [3.63, 3.8) is 0 Å². The SMILES string of the molecule is C[C@@H](NC(=O)c1ccc(NS(=O)(=O)c2cccs2)cc1)c1ccccc1. The molecular formula is C19H18N2O3S2. The number of amides is 1. The van der Waals surface area contributed by atoms with Gasteiger partial charge in [0.25, 0.3) is 15.9 Å². The van der Waals surface area contributed by atoms with Gasteiger partial charge in [0.15, 0.2) is 0 Å². The van der Waals surface area contributed by atoms with Gasteiger partial charge in [-0.05, 0) is 48.2 Å². The molecule has 0 spiro atoms. The maximum Gasteiger partial charge on any atom is 0.271 e. The van der Waals surface area contributed by atoms with E-state index in [-0.39, 0.29) is 16.2 Å². The summed E-state index contributed by atoms with van der Waals surface area (Å²) in [5.74, 6) is -0.214. The summed E-state index contributed by atoms with van der Waals surface area (Å²) >= 11 is 1.15. The van der Waals surface area contributed by atoms with Gasteiger partial charge in [-0.2, -0.15) is 0 Å². The van der Waals surface area contributed by atoms with E-state index in [1.165, 1.54) is 0 Å². The zero-order valence-electron chi connectivity index (χ0n) is 14.0. The fraction of sp³-hybridized carbons (Fsp3) is 0.105. The highest BCUT2D eigenvalue weighted by Gasteiger charge is 2.16. The molecule has 3 aromatic rings. The first-order chi connectivity index (χ1) is 12.5. The van der Waals surface area contributed by atoms with E-state index >= 15 is 0 Å². The summed E-state index contributed by atoms with van der Waals surface area (Å²) in [6.45, 7) is 1.91. The molecule has 26 heavy (non-hydrogen) atoms. The fourth-order valence-electron chi connectivity index (χ4n) is 2.42. The summed E-state index contributed by atoms with van der Waals surface area (Å²) in [7, 11) is -3.59. The van der Waals surface area contributed by atoms with E-state index in [1.54, 1.807) is 41.8 Å². The van der Waals surface area contributed by atoms with Crippen LogP contribution in [0.4, 0.5) is 5.69 Å². The van der Waals surface area contributed by atoms with Gasteiger partial charge in [-0.3, -0.25) is 9.52 Å². The Labute approximate surface area is 156 Å². The molecule has 7 heteroatoms. The zero-order chi connectivity index (χ0) is 18.6. The summed E-state index contributed by atoms with van der Waals surface area (Å²) in [4.78, 5) is 12.4. The molecule has 1 atom stereocenters. The van der Waals surface area contributed by atoms with Crippen molar-refractivity contribution < 1.29 is 13.2 Å². The number of carbonyl (C=O) groups excluding carboxylic acids is 1. The van der Waals surface area contributed by atoms with Crippen LogP contribution in [0.25, 0.3) is 0 Å². The predicted octanol–water partition coefficient (Wildman–Crippen LogP) is 4.04. The van der Waals surface area contributed by atoms with Crippen molar-refractivity contribution in [3.8, 4) is 0 Å². The molecule has 0 aliphatic heterocycles. The first-order valence-electron chi connectivity index (χ1n) is 7.98. The van der Waals surface area contributed by atoms with Crippen molar-refractivity contribution in [2.75, 3.05) is 4.72 Å². The first kappa shape index (κ1) is 18.2. The van der Waals surface area contributed by atoms with Gasteiger partial charge in [0.05, 0.1) is 6.04 Å². The molecule has 0 radical (unpaired) electrons. The summed E-state index contributed by atoms with van der Waals surface area (Å²) in [5.41, 5.74) is 1.89. The summed E-state index contributed by atoms with van der Waals surface area (Å²) in [6.07, 6.45) is 0. The summed E-state index contributed by atoms with van der Waals surface area (Å²) in [6, 6.07) is 19.1. The zero-order valence-corrected chi connectivity index (χ0v) is 15.7. The van der Waals surface area contributed by atoms with Gasteiger partial charge in [0.1, 0.15) is 4.21 Å². The van der Waals surface area contributed by atoms with Gasteiger partial charge < -0.3 is 5.32 Å². The average Bonchev–Trinajstić information content (AvgIpc) is 3.18. The second kappa shape index (κ2) is 7.72. The average molecular weight is 386 g/mol. The monoisotopic (exact) mass is 386 g/mol. The van der Waals surface area contributed by atoms with Crippen molar-refractivity contribution in [2.24, 2.45) is 0 Å². The van der Waals surface area contributed by atoms with Crippen LogP contribution in [-0.4, -0.2) is 14.3 Å². The van der Waals surface area contributed by atoms with Crippen LogP contribution < -0.4 is 10.0 Å². The Morgan fingerprint density at radius 1 is 0.962 bits per heavy atom. The van der Waals surface area contributed by atoms with E-state index in [1.807, 2.05) is 37.3 Å². The van der Waals surface area contributed by atoms with Gasteiger partial charge in [0.2, 0.25) is 0 Å². The minimum atomic E-state index is -3.59. The molecule has 1 aromatic heterocycles. The topological polar surface area (TPSA) is 75.3 Å². The molecular weight excluding hydrogens is 368 g/mol. The molecule has 1 heterocycles. The number of nitrogens with one attached hydrogen (secondary N) is 2. The minimum absolute atomic E-state index is 0.124. The highest BCUT2D eigenvalue weighted by molar-refractivity contribution is 7.94. The Morgan fingerprint density at radius 3 is 2.27 bits per heavy atom. The lowest BCUT2D eigenvalue weighted by Gasteiger charge is -2.14. The maximum absolute atomic E-state index is 12.4. The standard InChI is InChI=1S/C19H18N2O3S2/c1-14(15-6-3-2-4-7-15)20-19(22)16-9-11-17(12-10-16)21-26(23,24)18-8-5-13-25-18/h2-14,21H,1H3,(H,20,22)/t14-/m1/s1. The van der Waals surface area contributed by atoms with Crippen LogP contribution in [0.5, 0.6) is 0 Å². The number of carbonyl (C=O) groups is 1. The van der Waals surface area contributed by atoms with Crippen molar-refractivity contribution >= 4 is 33.0 Å². The van der Waals surface area contributed by atoms with Crippen LogP contribution in [-0.2, 0) is 10.0 Å². The van der Waals surface area contributed by atoms with E-state index in [0.29, 0.717) is 11.3 Å². The number of thiophene rings is 1. The van der Waals surface area contributed by atoms with Crippen molar-refractivity contribution in [3.05, 3.63) is 83.2 Å². The third kappa shape index (κ3) is 4.30. The fourth-order valence-corrected chi connectivity index (χ4v) is 4.47. The van der Waals surface area contributed by atoms with Crippen molar-refractivity contribution in [1.82, 2.24) is 5.32 Å². The van der Waals surface area contributed by atoms with Gasteiger partial charge in [-0.25, -0.2) is 8.42 Å². The largest absolute Gasteiger partial charge is 0.346 e.